The van der Waals surface area contributed by atoms with Crippen LogP contribution in [0.25, 0.3) is 0 Å². The zero-order chi connectivity index (χ0) is 27.8. The van der Waals surface area contributed by atoms with Gasteiger partial charge in [0.15, 0.2) is 0 Å². The number of anilines is 2. The molecule has 0 aliphatic carbocycles. The number of nitrogens with zero attached hydrogens (tertiary/aromatic N) is 4. The average Bonchev–Trinajstić information content (AvgIpc) is 3.23. The highest BCUT2D eigenvalue weighted by atomic mass is 35.5. The van der Waals surface area contributed by atoms with E-state index >= 15 is 0 Å². The van der Waals surface area contributed by atoms with Crippen LogP contribution >= 0.6 is 11.6 Å². The fraction of sp³-hybridized carbons (Fsp3) is 0.323. The molecule has 6 rings (SSSR count). The van der Waals surface area contributed by atoms with Crippen molar-refractivity contribution >= 4 is 40.7 Å². The van der Waals surface area contributed by atoms with Crippen LogP contribution in [0.3, 0.4) is 0 Å². The molecule has 0 saturated carbocycles. The van der Waals surface area contributed by atoms with E-state index < -0.39 is 0 Å². The third-order valence-electron chi connectivity index (χ3n) is 8.16. The van der Waals surface area contributed by atoms with Gasteiger partial charge in [0.2, 0.25) is 5.91 Å². The largest absolute Gasteiger partial charge is 0.370 e. The lowest BCUT2D eigenvalue weighted by Gasteiger charge is -2.40. The number of carbonyl (C=O) groups excluding carboxylic acids is 3. The van der Waals surface area contributed by atoms with Gasteiger partial charge in [0, 0.05) is 50.0 Å². The Balaban J connectivity index is 1.14. The lowest BCUT2D eigenvalue weighted by Crippen LogP contribution is -2.52. The number of halogens is 2. The summed E-state index contributed by atoms with van der Waals surface area (Å²) in [4.78, 5) is 47.8. The summed E-state index contributed by atoms with van der Waals surface area (Å²) in [7, 11) is 0. The van der Waals surface area contributed by atoms with Crippen molar-refractivity contribution in [3.8, 4) is 0 Å². The maximum Gasteiger partial charge on any atom is 0.263 e. The number of carbonyl (C=O) groups is 3. The van der Waals surface area contributed by atoms with Gasteiger partial charge in [0.1, 0.15) is 5.82 Å². The molecule has 3 aromatic carbocycles. The molecule has 3 heterocycles. The van der Waals surface area contributed by atoms with Gasteiger partial charge in [-0.2, -0.15) is 0 Å². The first-order chi connectivity index (χ1) is 19.4. The molecule has 206 valence electrons. The number of imide groups is 1. The highest BCUT2D eigenvalue weighted by Gasteiger charge is 2.40. The number of hydrogen-bond donors (Lipinski definition) is 0. The maximum atomic E-state index is 13.6. The van der Waals surface area contributed by atoms with E-state index in [1.807, 2.05) is 29.2 Å². The summed E-state index contributed by atoms with van der Waals surface area (Å²) >= 11 is 6.31. The van der Waals surface area contributed by atoms with Crippen LogP contribution in [0.5, 0.6) is 0 Å². The molecular weight excluding hydrogens is 531 g/mol. The number of rotatable bonds is 5. The van der Waals surface area contributed by atoms with E-state index in [-0.39, 0.29) is 36.0 Å². The topological polar surface area (TPSA) is 64.2 Å². The van der Waals surface area contributed by atoms with Crippen LogP contribution < -0.4 is 9.80 Å². The summed E-state index contributed by atoms with van der Waals surface area (Å²) in [5.41, 5.74) is 3.16. The third-order valence-corrected chi connectivity index (χ3v) is 8.53. The quantitative estimate of drug-likeness (QED) is 0.418. The lowest BCUT2D eigenvalue weighted by molar-refractivity contribution is -0.136. The standard InChI is InChI=1S/C31H30ClFN4O3/c32-26-8-2-1-5-21(26)20-37-30(39)25-7-3-9-27(28(25)31(37)40)36-14-4-6-22(19-36)29(38)35-17-15-34(16-18-35)24-12-10-23(33)11-13-24/h1-3,5,7-13,22H,4,6,14-20H2/t22-/m0/s1. The molecule has 0 radical (unpaired) electrons. The molecule has 0 N–H and O–H groups in total. The minimum absolute atomic E-state index is 0.108. The normalized spacial score (nSPS) is 19.3. The molecule has 2 fully saturated rings. The Morgan fingerprint density at radius 3 is 2.35 bits per heavy atom. The van der Waals surface area contributed by atoms with E-state index in [1.165, 1.54) is 17.0 Å². The minimum Gasteiger partial charge on any atom is -0.370 e. The fourth-order valence-corrected chi connectivity index (χ4v) is 6.21. The van der Waals surface area contributed by atoms with Gasteiger partial charge in [-0.25, -0.2) is 4.39 Å². The van der Waals surface area contributed by atoms with Crippen LogP contribution in [0.15, 0.2) is 66.7 Å². The van der Waals surface area contributed by atoms with E-state index in [9.17, 15) is 18.8 Å². The summed E-state index contributed by atoms with van der Waals surface area (Å²) in [5, 5.41) is 0.509. The monoisotopic (exact) mass is 560 g/mol. The van der Waals surface area contributed by atoms with Crippen LogP contribution in [-0.4, -0.2) is 66.8 Å². The van der Waals surface area contributed by atoms with E-state index in [0.29, 0.717) is 66.7 Å². The summed E-state index contributed by atoms with van der Waals surface area (Å²) < 4.78 is 13.3. The molecule has 3 aromatic rings. The number of benzene rings is 3. The Morgan fingerprint density at radius 2 is 1.60 bits per heavy atom. The first-order valence-electron chi connectivity index (χ1n) is 13.7. The molecule has 0 bridgehead atoms. The van der Waals surface area contributed by atoms with Gasteiger partial charge in [0.05, 0.1) is 29.3 Å². The lowest BCUT2D eigenvalue weighted by atomic mass is 9.94. The van der Waals surface area contributed by atoms with Crippen molar-refractivity contribution in [2.75, 3.05) is 49.1 Å². The highest BCUT2D eigenvalue weighted by molar-refractivity contribution is 6.31. The third kappa shape index (κ3) is 4.92. The number of piperidine rings is 1. The van der Waals surface area contributed by atoms with Gasteiger partial charge >= 0.3 is 0 Å². The summed E-state index contributed by atoms with van der Waals surface area (Å²) in [6, 6.07) is 19.0. The van der Waals surface area contributed by atoms with Crippen molar-refractivity contribution < 1.29 is 18.8 Å². The molecule has 7 nitrogen and oxygen atoms in total. The molecule has 9 heteroatoms. The highest BCUT2D eigenvalue weighted by Crippen LogP contribution is 2.35. The zero-order valence-electron chi connectivity index (χ0n) is 22.1. The molecule has 0 unspecified atom stereocenters. The predicted octanol–water partition coefficient (Wildman–Crippen LogP) is 4.84. The van der Waals surface area contributed by atoms with E-state index in [4.69, 9.17) is 11.6 Å². The predicted molar refractivity (Wildman–Crippen MR) is 152 cm³/mol. The Labute approximate surface area is 237 Å². The van der Waals surface area contributed by atoms with Crippen molar-refractivity contribution in [3.05, 3.63) is 94.3 Å². The molecule has 40 heavy (non-hydrogen) atoms. The van der Waals surface area contributed by atoms with Crippen molar-refractivity contribution in [1.82, 2.24) is 9.80 Å². The van der Waals surface area contributed by atoms with Crippen LogP contribution in [0.2, 0.25) is 5.02 Å². The van der Waals surface area contributed by atoms with Crippen LogP contribution in [0.1, 0.15) is 39.1 Å². The Morgan fingerprint density at radius 1 is 0.850 bits per heavy atom. The average molecular weight is 561 g/mol. The Kier molecular flexibility index (Phi) is 7.19. The molecule has 3 aliphatic rings. The summed E-state index contributed by atoms with van der Waals surface area (Å²) in [6.45, 7) is 3.92. The van der Waals surface area contributed by atoms with Crippen molar-refractivity contribution in [1.29, 1.82) is 0 Å². The van der Waals surface area contributed by atoms with E-state index in [1.54, 1.807) is 30.3 Å². The van der Waals surface area contributed by atoms with Gasteiger partial charge in [-0.05, 0) is 60.9 Å². The molecule has 3 amide bonds. The summed E-state index contributed by atoms with van der Waals surface area (Å²) in [6.07, 6.45) is 1.61. The first-order valence-corrected chi connectivity index (χ1v) is 14.1. The molecule has 1 atom stereocenters. The summed E-state index contributed by atoms with van der Waals surface area (Å²) in [5.74, 6) is -0.985. The Bertz CT molecular complexity index is 1460. The number of piperazine rings is 1. The van der Waals surface area contributed by atoms with Crippen molar-refractivity contribution in [2.45, 2.75) is 19.4 Å². The second-order valence-corrected chi connectivity index (χ2v) is 11.0. The fourth-order valence-electron chi connectivity index (χ4n) is 6.01. The van der Waals surface area contributed by atoms with E-state index in [2.05, 4.69) is 9.80 Å². The van der Waals surface area contributed by atoms with Gasteiger partial charge in [-0.15, -0.1) is 0 Å². The van der Waals surface area contributed by atoms with Gasteiger partial charge < -0.3 is 14.7 Å². The molecule has 0 aromatic heterocycles. The van der Waals surface area contributed by atoms with Crippen molar-refractivity contribution in [2.24, 2.45) is 5.92 Å². The number of fused-ring (bicyclic) bond motifs is 1. The molecular formula is C31H30ClFN4O3. The van der Waals surface area contributed by atoms with Gasteiger partial charge in [-0.1, -0.05) is 35.9 Å². The molecule has 3 aliphatic heterocycles. The first kappa shape index (κ1) is 26.3. The second-order valence-electron chi connectivity index (χ2n) is 10.6. The van der Waals surface area contributed by atoms with Crippen LogP contribution in [-0.2, 0) is 11.3 Å². The van der Waals surface area contributed by atoms with Gasteiger partial charge in [0.25, 0.3) is 11.8 Å². The number of amides is 3. The maximum absolute atomic E-state index is 13.6. The molecule has 2 saturated heterocycles. The number of hydrogen-bond acceptors (Lipinski definition) is 5. The molecule has 0 spiro atoms. The smallest absolute Gasteiger partial charge is 0.263 e. The minimum atomic E-state index is -0.333. The van der Waals surface area contributed by atoms with Gasteiger partial charge in [-0.3, -0.25) is 19.3 Å². The Hall–Kier alpha value is -3.91. The van der Waals surface area contributed by atoms with Crippen LogP contribution in [0, 0.1) is 11.7 Å². The van der Waals surface area contributed by atoms with E-state index in [0.717, 1.165) is 18.5 Å². The second kappa shape index (κ2) is 10.9. The van der Waals surface area contributed by atoms with Crippen LogP contribution in [0.4, 0.5) is 15.8 Å². The zero-order valence-corrected chi connectivity index (χ0v) is 22.8. The van der Waals surface area contributed by atoms with Crippen molar-refractivity contribution in [3.63, 3.8) is 0 Å². The SMILES string of the molecule is O=C([C@H]1CCCN(c2cccc3c2C(=O)N(Cc2ccccc2Cl)C3=O)C1)N1CCN(c2ccc(F)cc2)CC1.